The van der Waals surface area contributed by atoms with Gasteiger partial charge in [0.05, 0.1) is 6.26 Å². The first-order chi connectivity index (χ1) is 10.7. The van der Waals surface area contributed by atoms with E-state index in [1.54, 1.807) is 12.1 Å². The van der Waals surface area contributed by atoms with Crippen LogP contribution >= 0.6 is 0 Å². The van der Waals surface area contributed by atoms with Gasteiger partial charge < -0.3 is 14.4 Å². The van der Waals surface area contributed by atoms with Crippen LogP contribution in [0.25, 0.3) is 0 Å². The molecule has 1 aliphatic rings. The number of anilines is 1. The average Bonchev–Trinajstić information content (AvgIpc) is 3.02. The third-order valence-electron chi connectivity index (χ3n) is 4.18. The first kappa shape index (κ1) is 14.7. The summed E-state index contributed by atoms with van der Waals surface area (Å²) in [7, 11) is 0. The largest absolute Gasteiger partial charge is 0.480 e. The molecule has 1 saturated heterocycles. The maximum absolute atomic E-state index is 11.6. The summed E-state index contributed by atoms with van der Waals surface area (Å²) in [6.07, 6.45) is 1.52. The van der Waals surface area contributed by atoms with Crippen molar-refractivity contribution in [1.82, 2.24) is 4.90 Å². The van der Waals surface area contributed by atoms with Crippen LogP contribution in [0.4, 0.5) is 5.69 Å². The number of rotatable bonds is 4. The highest BCUT2D eigenvalue weighted by atomic mass is 16.4. The first-order valence-electron chi connectivity index (χ1n) is 7.47. The van der Waals surface area contributed by atoms with Crippen LogP contribution in [0.1, 0.15) is 17.4 Å². The van der Waals surface area contributed by atoms with Gasteiger partial charge >= 0.3 is 5.97 Å². The molecule has 2 heterocycles. The molecule has 5 nitrogen and oxygen atoms in total. The average molecular weight is 300 g/mol. The van der Waals surface area contributed by atoms with Gasteiger partial charge in [-0.1, -0.05) is 18.2 Å². The number of hydrogen-bond acceptors (Lipinski definition) is 4. The lowest BCUT2D eigenvalue weighted by atomic mass is 10.1. The summed E-state index contributed by atoms with van der Waals surface area (Å²) in [4.78, 5) is 15.9. The Kier molecular flexibility index (Phi) is 4.15. The van der Waals surface area contributed by atoms with Gasteiger partial charge in [0, 0.05) is 31.9 Å². The van der Waals surface area contributed by atoms with E-state index < -0.39 is 12.0 Å². The van der Waals surface area contributed by atoms with Crippen molar-refractivity contribution < 1.29 is 14.3 Å². The Hall–Kier alpha value is -2.27. The monoisotopic (exact) mass is 300 g/mol. The molecule has 1 aromatic carbocycles. The van der Waals surface area contributed by atoms with Gasteiger partial charge in [-0.2, -0.15) is 0 Å². The third-order valence-corrected chi connectivity index (χ3v) is 4.18. The molecule has 1 fully saturated rings. The van der Waals surface area contributed by atoms with Gasteiger partial charge in [-0.05, 0) is 30.7 Å². The van der Waals surface area contributed by atoms with Gasteiger partial charge in [0.25, 0.3) is 0 Å². The molecular weight excluding hydrogens is 280 g/mol. The molecule has 0 aliphatic carbocycles. The second kappa shape index (κ2) is 6.23. The molecule has 1 N–H and O–H groups in total. The van der Waals surface area contributed by atoms with Crippen molar-refractivity contribution in [3.05, 3.63) is 54.0 Å². The molecule has 5 heteroatoms. The minimum Gasteiger partial charge on any atom is -0.480 e. The summed E-state index contributed by atoms with van der Waals surface area (Å²) >= 11 is 0. The van der Waals surface area contributed by atoms with E-state index in [2.05, 4.69) is 24.0 Å². The van der Waals surface area contributed by atoms with Gasteiger partial charge in [0.1, 0.15) is 5.76 Å². The zero-order valence-corrected chi connectivity index (χ0v) is 12.6. The SMILES string of the molecule is Cc1ccccc1N1CCN([C@@H](C(=O)O)c2ccco2)CC1. The van der Waals surface area contributed by atoms with Gasteiger partial charge in [-0.15, -0.1) is 0 Å². The summed E-state index contributed by atoms with van der Waals surface area (Å²) in [5.41, 5.74) is 2.48. The number of para-hydroxylation sites is 1. The second-order valence-corrected chi connectivity index (χ2v) is 5.57. The topological polar surface area (TPSA) is 56.9 Å². The molecule has 2 aromatic rings. The van der Waals surface area contributed by atoms with Crippen LogP contribution in [-0.2, 0) is 4.79 Å². The smallest absolute Gasteiger partial charge is 0.328 e. The Labute approximate surface area is 129 Å². The number of nitrogens with zero attached hydrogens (tertiary/aromatic N) is 2. The number of piperazine rings is 1. The highest BCUT2D eigenvalue weighted by molar-refractivity contribution is 5.74. The standard InChI is InChI=1S/C17H20N2O3/c1-13-5-2-3-6-14(13)18-8-10-19(11-9-18)16(17(20)21)15-7-4-12-22-15/h2-7,12,16H,8-11H2,1H3,(H,20,21)/t16-/m1/s1. The van der Waals surface area contributed by atoms with Gasteiger partial charge in [-0.25, -0.2) is 0 Å². The summed E-state index contributed by atoms with van der Waals surface area (Å²) in [6, 6.07) is 11.1. The van der Waals surface area contributed by atoms with Crippen molar-refractivity contribution in [3.8, 4) is 0 Å². The quantitative estimate of drug-likeness (QED) is 0.940. The van der Waals surface area contributed by atoms with Crippen molar-refractivity contribution in [3.63, 3.8) is 0 Å². The summed E-state index contributed by atoms with van der Waals surface area (Å²) < 4.78 is 5.30. The van der Waals surface area contributed by atoms with Crippen LogP contribution in [0.5, 0.6) is 0 Å². The number of hydrogen-bond donors (Lipinski definition) is 1. The van der Waals surface area contributed by atoms with Crippen LogP contribution in [0.3, 0.4) is 0 Å². The Morgan fingerprint density at radius 2 is 1.86 bits per heavy atom. The predicted molar refractivity (Wildman–Crippen MR) is 84.0 cm³/mol. The lowest BCUT2D eigenvalue weighted by Crippen LogP contribution is -2.49. The first-order valence-corrected chi connectivity index (χ1v) is 7.47. The summed E-state index contributed by atoms with van der Waals surface area (Å²) in [5, 5.41) is 9.51. The van der Waals surface area contributed by atoms with Crippen molar-refractivity contribution >= 4 is 11.7 Å². The van der Waals surface area contributed by atoms with Crippen molar-refractivity contribution in [2.45, 2.75) is 13.0 Å². The normalized spacial score (nSPS) is 17.4. The van der Waals surface area contributed by atoms with Crippen LogP contribution < -0.4 is 4.90 Å². The van der Waals surface area contributed by atoms with E-state index in [1.807, 2.05) is 17.0 Å². The fourth-order valence-electron chi connectivity index (χ4n) is 3.04. The molecule has 116 valence electrons. The summed E-state index contributed by atoms with van der Waals surface area (Å²) in [5.74, 6) is -0.365. The lowest BCUT2D eigenvalue weighted by Gasteiger charge is -2.38. The molecule has 0 amide bonds. The molecule has 0 unspecified atom stereocenters. The van der Waals surface area contributed by atoms with E-state index >= 15 is 0 Å². The van der Waals surface area contributed by atoms with E-state index in [9.17, 15) is 9.90 Å². The van der Waals surface area contributed by atoms with Crippen molar-refractivity contribution in [2.75, 3.05) is 31.1 Å². The minimum absolute atomic E-state index is 0.497. The van der Waals surface area contributed by atoms with Crippen LogP contribution in [-0.4, -0.2) is 42.2 Å². The van der Waals surface area contributed by atoms with Crippen LogP contribution in [0.15, 0.2) is 47.1 Å². The molecule has 1 atom stereocenters. The molecule has 3 rings (SSSR count). The van der Waals surface area contributed by atoms with E-state index in [4.69, 9.17) is 4.42 Å². The van der Waals surface area contributed by atoms with E-state index in [0.717, 1.165) is 13.1 Å². The zero-order valence-electron chi connectivity index (χ0n) is 12.6. The molecule has 0 radical (unpaired) electrons. The van der Waals surface area contributed by atoms with Crippen LogP contribution in [0.2, 0.25) is 0 Å². The van der Waals surface area contributed by atoms with Crippen molar-refractivity contribution in [1.29, 1.82) is 0 Å². The molecule has 1 aromatic heterocycles. The maximum atomic E-state index is 11.6. The van der Waals surface area contributed by atoms with E-state index in [1.165, 1.54) is 17.5 Å². The van der Waals surface area contributed by atoms with Crippen LogP contribution in [0, 0.1) is 6.92 Å². The maximum Gasteiger partial charge on any atom is 0.328 e. The number of furan rings is 1. The van der Waals surface area contributed by atoms with Gasteiger partial charge in [0.15, 0.2) is 6.04 Å². The molecular formula is C17H20N2O3. The Morgan fingerprint density at radius 3 is 2.45 bits per heavy atom. The number of carboxylic acids is 1. The van der Waals surface area contributed by atoms with E-state index in [0.29, 0.717) is 18.8 Å². The highest BCUT2D eigenvalue weighted by Crippen LogP contribution is 2.26. The number of benzene rings is 1. The molecule has 22 heavy (non-hydrogen) atoms. The minimum atomic E-state index is -0.862. The third kappa shape index (κ3) is 2.85. The van der Waals surface area contributed by atoms with E-state index in [-0.39, 0.29) is 0 Å². The Balaban J connectivity index is 1.71. The zero-order chi connectivity index (χ0) is 15.5. The molecule has 1 aliphatic heterocycles. The fourth-order valence-corrected chi connectivity index (χ4v) is 3.04. The highest BCUT2D eigenvalue weighted by Gasteiger charge is 2.32. The molecule has 0 bridgehead atoms. The summed E-state index contributed by atoms with van der Waals surface area (Å²) in [6.45, 7) is 5.13. The molecule has 0 saturated carbocycles. The Bertz CT molecular complexity index is 631. The lowest BCUT2D eigenvalue weighted by molar-refractivity contribution is -0.144. The Morgan fingerprint density at radius 1 is 1.14 bits per heavy atom. The number of carbonyl (C=O) groups is 1. The second-order valence-electron chi connectivity index (χ2n) is 5.57. The number of carboxylic acid groups (broad SMARTS) is 1. The fraction of sp³-hybridized carbons (Fsp3) is 0.353. The number of aliphatic carboxylic acids is 1. The predicted octanol–water partition coefficient (Wildman–Crippen LogP) is 2.54. The van der Waals surface area contributed by atoms with Crippen molar-refractivity contribution in [2.24, 2.45) is 0 Å². The van der Waals surface area contributed by atoms with Gasteiger partial charge in [0.2, 0.25) is 0 Å². The van der Waals surface area contributed by atoms with Gasteiger partial charge in [-0.3, -0.25) is 9.69 Å². The molecule has 0 spiro atoms. The number of aryl methyl sites for hydroxylation is 1.